The Morgan fingerprint density at radius 3 is 2.35 bits per heavy atom. The second-order valence-electron chi connectivity index (χ2n) is 4.87. The smallest absolute Gasteiger partial charge is 0.254 e. The third kappa shape index (κ3) is 2.47. The molecule has 0 aliphatic carbocycles. The van der Waals surface area contributed by atoms with Crippen molar-refractivity contribution in [2.75, 3.05) is 13.1 Å². The SMILES string of the molecule is C[C@H](O)c1ccc(C(=O)N2CC(C)(F)C2)cc1. The predicted octanol–water partition coefficient (Wildman–Crippen LogP) is 1.92. The van der Waals surface area contributed by atoms with Gasteiger partial charge in [0.2, 0.25) is 0 Å². The van der Waals surface area contributed by atoms with Crippen LogP contribution in [0, 0.1) is 0 Å². The van der Waals surface area contributed by atoms with Crippen LogP contribution in [0.25, 0.3) is 0 Å². The van der Waals surface area contributed by atoms with Crippen molar-refractivity contribution >= 4 is 5.91 Å². The Labute approximate surface area is 99.9 Å². The zero-order valence-corrected chi connectivity index (χ0v) is 9.98. The molecule has 1 fully saturated rings. The highest BCUT2D eigenvalue weighted by atomic mass is 19.1. The molecular formula is C13H16FNO2. The number of nitrogens with zero attached hydrogens (tertiary/aromatic N) is 1. The third-order valence-electron chi connectivity index (χ3n) is 2.97. The highest BCUT2D eigenvalue weighted by Gasteiger charge is 2.41. The summed E-state index contributed by atoms with van der Waals surface area (Å²) >= 11 is 0. The number of aliphatic hydroxyl groups is 1. The Morgan fingerprint density at radius 1 is 1.41 bits per heavy atom. The summed E-state index contributed by atoms with van der Waals surface area (Å²) in [6.07, 6.45) is -0.544. The molecular weight excluding hydrogens is 221 g/mol. The molecule has 0 spiro atoms. The minimum atomic E-state index is -1.24. The minimum Gasteiger partial charge on any atom is -0.389 e. The molecule has 1 atom stereocenters. The van der Waals surface area contributed by atoms with E-state index in [0.29, 0.717) is 5.56 Å². The minimum absolute atomic E-state index is 0.155. The first kappa shape index (κ1) is 12.0. The lowest BCUT2D eigenvalue weighted by Gasteiger charge is -2.42. The Kier molecular flexibility index (Phi) is 2.91. The highest BCUT2D eigenvalue weighted by Crippen LogP contribution is 2.26. The van der Waals surface area contributed by atoms with Gasteiger partial charge in [-0.3, -0.25) is 4.79 Å². The van der Waals surface area contributed by atoms with Crippen LogP contribution in [0.2, 0.25) is 0 Å². The van der Waals surface area contributed by atoms with Crippen LogP contribution in [-0.4, -0.2) is 34.7 Å². The van der Waals surface area contributed by atoms with Crippen LogP contribution < -0.4 is 0 Å². The number of benzene rings is 1. The van der Waals surface area contributed by atoms with Gasteiger partial charge in [-0.15, -0.1) is 0 Å². The number of hydrogen-bond acceptors (Lipinski definition) is 2. The molecule has 1 saturated heterocycles. The van der Waals surface area contributed by atoms with Crippen LogP contribution in [0.3, 0.4) is 0 Å². The van der Waals surface area contributed by atoms with Gasteiger partial charge in [-0.05, 0) is 31.5 Å². The van der Waals surface area contributed by atoms with Gasteiger partial charge in [0.15, 0.2) is 0 Å². The normalized spacial score (nSPS) is 19.6. The van der Waals surface area contributed by atoms with Crippen molar-refractivity contribution in [3.63, 3.8) is 0 Å². The predicted molar refractivity (Wildman–Crippen MR) is 62.5 cm³/mol. The Hall–Kier alpha value is -1.42. The summed E-state index contributed by atoms with van der Waals surface area (Å²) in [7, 11) is 0. The lowest BCUT2D eigenvalue weighted by molar-refractivity contribution is -0.00786. The van der Waals surface area contributed by atoms with Gasteiger partial charge in [0.05, 0.1) is 19.2 Å². The summed E-state index contributed by atoms with van der Waals surface area (Å²) in [5.41, 5.74) is 0.0558. The van der Waals surface area contributed by atoms with Crippen LogP contribution in [0.1, 0.15) is 35.9 Å². The molecule has 1 N–H and O–H groups in total. The van der Waals surface area contributed by atoms with Gasteiger partial charge in [0.1, 0.15) is 5.67 Å². The summed E-state index contributed by atoms with van der Waals surface area (Å²) in [6.45, 7) is 3.47. The zero-order valence-electron chi connectivity index (χ0n) is 9.98. The molecule has 2 rings (SSSR count). The second kappa shape index (κ2) is 4.11. The van der Waals surface area contributed by atoms with Crippen LogP contribution in [0.5, 0.6) is 0 Å². The van der Waals surface area contributed by atoms with Gasteiger partial charge >= 0.3 is 0 Å². The van der Waals surface area contributed by atoms with E-state index < -0.39 is 11.8 Å². The average molecular weight is 237 g/mol. The van der Waals surface area contributed by atoms with Gasteiger partial charge in [-0.1, -0.05) is 12.1 Å². The van der Waals surface area contributed by atoms with Crippen LogP contribution >= 0.6 is 0 Å². The maximum atomic E-state index is 13.3. The molecule has 1 aliphatic heterocycles. The van der Waals surface area contributed by atoms with Crippen LogP contribution in [-0.2, 0) is 0 Å². The molecule has 0 radical (unpaired) electrons. The first-order valence-corrected chi connectivity index (χ1v) is 5.65. The fraction of sp³-hybridized carbons (Fsp3) is 0.462. The second-order valence-corrected chi connectivity index (χ2v) is 4.87. The van der Waals surface area contributed by atoms with E-state index in [2.05, 4.69) is 0 Å². The molecule has 0 aromatic heterocycles. The van der Waals surface area contributed by atoms with Gasteiger partial charge in [-0.2, -0.15) is 0 Å². The number of alkyl halides is 1. The van der Waals surface area contributed by atoms with Crippen molar-refractivity contribution in [3.8, 4) is 0 Å². The van der Waals surface area contributed by atoms with Crippen molar-refractivity contribution in [2.24, 2.45) is 0 Å². The summed E-state index contributed by atoms with van der Waals surface area (Å²) in [5.74, 6) is -0.155. The largest absolute Gasteiger partial charge is 0.389 e. The number of carbonyl (C=O) groups excluding carboxylic acids is 1. The van der Waals surface area contributed by atoms with Gasteiger partial charge in [0.25, 0.3) is 5.91 Å². The fourth-order valence-corrected chi connectivity index (χ4v) is 1.98. The molecule has 1 amide bonds. The average Bonchev–Trinajstić information content (AvgIpc) is 2.25. The lowest BCUT2D eigenvalue weighted by Crippen LogP contribution is -2.59. The van der Waals surface area contributed by atoms with Crippen molar-refractivity contribution in [2.45, 2.75) is 25.6 Å². The van der Waals surface area contributed by atoms with Crippen LogP contribution in [0.15, 0.2) is 24.3 Å². The first-order valence-electron chi connectivity index (χ1n) is 5.65. The van der Waals surface area contributed by atoms with E-state index in [-0.39, 0.29) is 19.0 Å². The first-order chi connectivity index (χ1) is 7.89. The quantitative estimate of drug-likeness (QED) is 0.853. The monoisotopic (exact) mass is 237 g/mol. The molecule has 0 unspecified atom stereocenters. The maximum Gasteiger partial charge on any atom is 0.254 e. The van der Waals surface area contributed by atoms with Gasteiger partial charge in [-0.25, -0.2) is 4.39 Å². The molecule has 0 bridgehead atoms. The van der Waals surface area contributed by atoms with E-state index in [1.165, 1.54) is 11.8 Å². The zero-order chi connectivity index (χ0) is 12.6. The molecule has 1 aromatic rings. The number of amides is 1. The maximum absolute atomic E-state index is 13.3. The summed E-state index contributed by atoms with van der Waals surface area (Å²) in [4.78, 5) is 13.4. The standard InChI is InChI=1S/C13H16FNO2/c1-9(16)10-3-5-11(6-4-10)12(17)15-7-13(2,14)8-15/h3-6,9,16H,7-8H2,1-2H3/t9-/m0/s1. The molecule has 0 saturated carbocycles. The molecule has 1 aliphatic rings. The Morgan fingerprint density at radius 2 is 1.94 bits per heavy atom. The number of likely N-dealkylation sites (tertiary alicyclic amines) is 1. The molecule has 4 heteroatoms. The summed E-state index contributed by atoms with van der Waals surface area (Å²) in [6, 6.07) is 6.76. The van der Waals surface area contributed by atoms with Gasteiger partial charge < -0.3 is 10.0 Å². The summed E-state index contributed by atoms with van der Waals surface area (Å²) < 4.78 is 13.3. The molecule has 17 heavy (non-hydrogen) atoms. The van der Waals surface area contributed by atoms with E-state index in [9.17, 15) is 14.3 Å². The Bertz CT molecular complexity index is 418. The van der Waals surface area contributed by atoms with Crippen molar-refractivity contribution in [1.29, 1.82) is 0 Å². The third-order valence-corrected chi connectivity index (χ3v) is 2.97. The number of carbonyl (C=O) groups is 1. The van der Waals surface area contributed by atoms with E-state index in [4.69, 9.17) is 0 Å². The van der Waals surface area contributed by atoms with E-state index in [1.807, 2.05) is 0 Å². The fourth-order valence-electron chi connectivity index (χ4n) is 1.98. The molecule has 92 valence electrons. The van der Waals surface area contributed by atoms with Crippen molar-refractivity contribution in [3.05, 3.63) is 35.4 Å². The van der Waals surface area contributed by atoms with Crippen molar-refractivity contribution < 1.29 is 14.3 Å². The Balaban J connectivity index is 2.06. The number of aliphatic hydroxyl groups excluding tert-OH is 1. The van der Waals surface area contributed by atoms with E-state index >= 15 is 0 Å². The lowest BCUT2D eigenvalue weighted by atomic mass is 9.97. The number of halogens is 1. The molecule has 3 nitrogen and oxygen atoms in total. The topological polar surface area (TPSA) is 40.5 Å². The van der Waals surface area contributed by atoms with Gasteiger partial charge in [0, 0.05) is 5.56 Å². The van der Waals surface area contributed by atoms with E-state index in [0.717, 1.165) is 5.56 Å². The number of hydrogen-bond donors (Lipinski definition) is 1. The van der Waals surface area contributed by atoms with Crippen molar-refractivity contribution in [1.82, 2.24) is 4.90 Å². The highest BCUT2D eigenvalue weighted by molar-refractivity contribution is 5.95. The molecule has 1 heterocycles. The molecule has 1 aromatic carbocycles. The summed E-state index contributed by atoms with van der Waals surface area (Å²) in [5, 5.41) is 9.34. The van der Waals surface area contributed by atoms with E-state index in [1.54, 1.807) is 31.2 Å². The number of rotatable bonds is 2. The van der Waals surface area contributed by atoms with Crippen LogP contribution in [0.4, 0.5) is 4.39 Å².